The van der Waals surface area contributed by atoms with Crippen LogP contribution in [0.1, 0.15) is 11.6 Å². The molecule has 2 aromatic rings. The van der Waals surface area contributed by atoms with E-state index in [0.29, 0.717) is 9.37 Å². The normalized spacial score (nSPS) is 13.1. The van der Waals surface area contributed by atoms with Crippen molar-refractivity contribution in [1.29, 1.82) is 0 Å². The zero-order valence-electron chi connectivity index (χ0n) is 11.1. The Balaban J connectivity index is 2.30. The molecule has 0 aromatic heterocycles. The molecule has 0 saturated heterocycles. The molecule has 0 aliphatic rings. The number of rotatable bonds is 5. The molecule has 0 spiro atoms. The van der Waals surface area contributed by atoms with E-state index in [1.807, 2.05) is 30.3 Å². The van der Waals surface area contributed by atoms with Crippen molar-refractivity contribution in [3.05, 3.63) is 64.6 Å². The molecule has 0 radical (unpaired) electrons. The number of halogens is 1. The third kappa shape index (κ3) is 3.48. The van der Waals surface area contributed by atoms with Gasteiger partial charge in [-0.05, 0) is 40.7 Å². The molecule has 0 aliphatic carbocycles. The molecular weight excluding hydrogens is 338 g/mol. The van der Waals surface area contributed by atoms with Crippen molar-refractivity contribution < 1.29 is 8.42 Å². The van der Waals surface area contributed by atoms with Crippen LogP contribution in [-0.4, -0.2) is 21.2 Å². The first-order chi connectivity index (χ1) is 9.54. The van der Waals surface area contributed by atoms with E-state index in [0.717, 1.165) is 5.56 Å². The molecule has 106 valence electrons. The van der Waals surface area contributed by atoms with Crippen LogP contribution in [0.25, 0.3) is 0 Å². The van der Waals surface area contributed by atoms with Gasteiger partial charge >= 0.3 is 0 Å². The summed E-state index contributed by atoms with van der Waals surface area (Å²) in [5.74, 6) is 0.0239. The van der Waals surface area contributed by atoms with E-state index in [-0.39, 0.29) is 11.8 Å². The number of benzene rings is 2. The Hall–Kier alpha value is -1.17. The zero-order chi connectivity index (χ0) is 14.6. The van der Waals surface area contributed by atoms with Gasteiger partial charge in [0.1, 0.15) is 0 Å². The van der Waals surface area contributed by atoms with E-state index in [1.165, 1.54) is 0 Å². The Kier molecular flexibility index (Phi) is 4.96. The smallest absolute Gasteiger partial charge is 0.181 e. The van der Waals surface area contributed by atoms with Gasteiger partial charge in [0.05, 0.1) is 10.6 Å². The summed E-state index contributed by atoms with van der Waals surface area (Å²) in [5, 5.41) is 3.07. The number of hydrogen-bond acceptors (Lipinski definition) is 3. The van der Waals surface area contributed by atoms with E-state index in [4.69, 9.17) is 0 Å². The van der Waals surface area contributed by atoms with E-state index >= 15 is 0 Å². The van der Waals surface area contributed by atoms with Crippen molar-refractivity contribution >= 4 is 25.8 Å². The molecule has 3 nitrogen and oxygen atoms in total. The predicted molar refractivity (Wildman–Crippen MR) is 84.4 cm³/mol. The topological polar surface area (TPSA) is 46.2 Å². The fourth-order valence-corrected chi connectivity index (χ4v) is 4.69. The monoisotopic (exact) mass is 353 g/mol. The molecule has 0 saturated carbocycles. The molecule has 1 atom stereocenters. The number of nitrogens with one attached hydrogen (secondary N) is 1. The SMILES string of the molecule is CNC(CS(=O)(=O)c1ccccc1Br)c1ccccc1. The lowest BCUT2D eigenvalue weighted by atomic mass is 10.1. The zero-order valence-corrected chi connectivity index (χ0v) is 13.5. The van der Waals surface area contributed by atoms with E-state index < -0.39 is 9.84 Å². The van der Waals surface area contributed by atoms with Crippen LogP contribution in [0.2, 0.25) is 0 Å². The van der Waals surface area contributed by atoms with Crippen LogP contribution in [0.5, 0.6) is 0 Å². The maximum atomic E-state index is 12.5. The first-order valence-corrected chi connectivity index (χ1v) is 8.68. The highest BCUT2D eigenvalue weighted by atomic mass is 79.9. The lowest BCUT2D eigenvalue weighted by molar-refractivity contribution is 0.574. The Morgan fingerprint density at radius 3 is 2.25 bits per heavy atom. The average Bonchev–Trinajstić information content (AvgIpc) is 2.46. The third-order valence-corrected chi connectivity index (χ3v) is 5.86. The molecule has 2 aromatic carbocycles. The Labute approximate surface area is 128 Å². The highest BCUT2D eigenvalue weighted by Crippen LogP contribution is 2.25. The lowest BCUT2D eigenvalue weighted by Gasteiger charge is -2.17. The molecule has 2 rings (SSSR count). The van der Waals surface area contributed by atoms with Crippen LogP contribution < -0.4 is 5.32 Å². The molecule has 5 heteroatoms. The fourth-order valence-electron chi connectivity index (χ4n) is 2.04. The van der Waals surface area contributed by atoms with Crippen LogP contribution in [0.15, 0.2) is 64.0 Å². The second-order valence-corrected chi connectivity index (χ2v) is 7.32. The standard InChI is InChI=1S/C15H16BrNO2S/c1-17-14(12-7-3-2-4-8-12)11-20(18,19)15-10-6-5-9-13(15)16/h2-10,14,17H,11H2,1H3. The van der Waals surface area contributed by atoms with Crippen LogP contribution in [0.3, 0.4) is 0 Å². The van der Waals surface area contributed by atoms with Crippen molar-refractivity contribution in [2.45, 2.75) is 10.9 Å². The Bertz CT molecular complexity index is 671. The van der Waals surface area contributed by atoms with Gasteiger partial charge in [0.2, 0.25) is 0 Å². The highest BCUT2D eigenvalue weighted by Gasteiger charge is 2.23. The minimum Gasteiger partial charge on any atom is -0.312 e. The van der Waals surface area contributed by atoms with Gasteiger partial charge in [0.15, 0.2) is 9.84 Å². The van der Waals surface area contributed by atoms with Gasteiger partial charge in [0, 0.05) is 10.5 Å². The molecule has 0 fully saturated rings. The first-order valence-electron chi connectivity index (χ1n) is 6.24. The summed E-state index contributed by atoms with van der Waals surface area (Å²) >= 11 is 3.30. The third-order valence-electron chi connectivity index (χ3n) is 3.11. The van der Waals surface area contributed by atoms with Gasteiger partial charge in [-0.25, -0.2) is 8.42 Å². The molecule has 0 aliphatic heterocycles. The average molecular weight is 354 g/mol. The van der Waals surface area contributed by atoms with Gasteiger partial charge in [-0.2, -0.15) is 0 Å². The minimum absolute atomic E-state index is 0.0239. The summed E-state index contributed by atoms with van der Waals surface area (Å²) in [5.41, 5.74) is 0.964. The van der Waals surface area contributed by atoms with Gasteiger partial charge in [-0.1, -0.05) is 42.5 Å². The molecule has 0 bridgehead atoms. The fraction of sp³-hybridized carbons (Fsp3) is 0.200. The Morgan fingerprint density at radius 1 is 1.05 bits per heavy atom. The van der Waals surface area contributed by atoms with Crippen molar-refractivity contribution in [1.82, 2.24) is 5.32 Å². The van der Waals surface area contributed by atoms with E-state index in [9.17, 15) is 8.42 Å². The maximum absolute atomic E-state index is 12.5. The predicted octanol–water partition coefficient (Wildman–Crippen LogP) is 3.18. The summed E-state index contributed by atoms with van der Waals surface area (Å²) in [6, 6.07) is 16.3. The molecule has 0 amide bonds. The summed E-state index contributed by atoms with van der Waals surface area (Å²) in [6.07, 6.45) is 0. The molecule has 20 heavy (non-hydrogen) atoms. The summed E-state index contributed by atoms with van der Waals surface area (Å²) in [6.45, 7) is 0. The minimum atomic E-state index is -3.36. The molecule has 1 unspecified atom stereocenters. The van der Waals surface area contributed by atoms with Crippen molar-refractivity contribution in [3.8, 4) is 0 Å². The van der Waals surface area contributed by atoms with Crippen molar-refractivity contribution in [3.63, 3.8) is 0 Å². The van der Waals surface area contributed by atoms with E-state index in [2.05, 4.69) is 21.2 Å². The van der Waals surface area contributed by atoms with Gasteiger partial charge < -0.3 is 5.32 Å². The number of sulfone groups is 1. The van der Waals surface area contributed by atoms with Crippen LogP contribution >= 0.6 is 15.9 Å². The summed E-state index contributed by atoms with van der Waals surface area (Å²) in [7, 11) is -1.59. The lowest BCUT2D eigenvalue weighted by Crippen LogP contribution is -2.25. The largest absolute Gasteiger partial charge is 0.312 e. The summed E-state index contributed by atoms with van der Waals surface area (Å²) < 4.78 is 25.7. The van der Waals surface area contributed by atoms with Gasteiger partial charge in [-0.3, -0.25) is 0 Å². The quantitative estimate of drug-likeness (QED) is 0.897. The molecule has 1 N–H and O–H groups in total. The highest BCUT2D eigenvalue weighted by molar-refractivity contribution is 9.10. The Morgan fingerprint density at radius 2 is 1.65 bits per heavy atom. The van der Waals surface area contributed by atoms with Crippen LogP contribution in [0, 0.1) is 0 Å². The molecular formula is C15H16BrNO2S. The van der Waals surface area contributed by atoms with Gasteiger partial charge in [-0.15, -0.1) is 0 Å². The summed E-state index contributed by atoms with van der Waals surface area (Å²) in [4.78, 5) is 0.330. The van der Waals surface area contributed by atoms with Gasteiger partial charge in [0.25, 0.3) is 0 Å². The van der Waals surface area contributed by atoms with Crippen molar-refractivity contribution in [2.24, 2.45) is 0 Å². The molecule has 0 heterocycles. The van der Waals surface area contributed by atoms with Crippen LogP contribution in [0.4, 0.5) is 0 Å². The van der Waals surface area contributed by atoms with Crippen molar-refractivity contribution in [2.75, 3.05) is 12.8 Å². The number of hydrogen-bond donors (Lipinski definition) is 1. The first kappa shape index (κ1) is 15.2. The second-order valence-electron chi connectivity index (χ2n) is 4.46. The second kappa shape index (κ2) is 6.52. The van der Waals surface area contributed by atoms with Crippen LogP contribution in [-0.2, 0) is 9.84 Å². The maximum Gasteiger partial charge on any atom is 0.181 e. The van der Waals surface area contributed by atoms with E-state index in [1.54, 1.807) is 31.3 Å².